The first-order valence-electron chi connectivity index (χ1n) is 8.44. The van der Waals surface area contributed by atoms with Crippen LogP contribution in [0.1, 0.15) is 11.1 Å². The molecule has 0 atom stereocenters. The molecule has 3 rings (SSSR count). The van der Waals surface area contributed by atoms with Crippen molar-refractivity contribution in [2.24, 2.45) is 0 Å². The van der Waals surface area contributed by atoms with E-state index in [1.807, 2.05) is 24.3 Å². The second kappa shape index (κ2) is 7.70. The Labute approximate surface area is 154 Å². The lowest BCUT2D eigenvalue weighted by molar-refractivity contribution is -0.128. The highest BCUT2D eigenvalue weighted by Crippen LogP contribution is 2.35. The largest absolute Gasteiger partial charge is 0.423 e. The lowest BCUT2D eigenvalue weighted by Crippen LogP contribution is -2.10. The number of ether oxygens (including phenoxy) is 1. The Balaban J connectivity index is 2.03. The monoisotopic (exact) mass is 343 g/mol. The molecule has 0 aliphatic rings. The van der Waals surface area contributed by atoms with Gasteiger partial charge in [-0.1, -0.05) is 30.8 Å². The molecule has 3 aromatic carbocycles. The molecule has 0 N–H and O–H groups in total. The predicted molar refractivity (Wildman–Crippen MR) is 106 cm³/mol. The number of esters is 1. The van der Waals surface area contributed by atoms with Gasteiger partial charge in [-0.15, -0.1) is 0 Å². The molecule has 130 valence electrons. The van der Waals surface area contributed by atoms with E-state index in [9.17, 15) is 4.79 Å². The van der Waals surface area contributed by atoms with E-state index in [1.165, 1.54) is 11.1 Å². The highest BCUT2D eigenvalue weighted by atomic mass is 16.5. The molecular formula is C23H21NO2. The third kappa shape index (κ3) is 4.01. The maximum absolute atomic E-state index is 11.4. The molecule has 0 unspecified atom stereocenters. The number of hydrogen-bond donors (Lipinski definition) is 0. The topological polar surface area (TPSA) is 29.5 Å². The van der Waals surface area contributed by atoms with Crippen molar-refractivity contribution in [1.82, 2.24) is 0 Å². The first-order chi connectivity index (χ1) is 12.6. The molecule has 3 aromatic rings. The van der Waals surface area contributed by atoms with Crippen molar-refractivity contribution in [3.05, 3.63) is 96.6 Å². The number of aryl methyl sites for hydroxylation is 2. The van der Waals surface area contributed by atoms with Crippen molar-refractivity contribution in [2.45, 2.75) is 13.8 Å². The third-order valence-corrected chi connectivity index (χ3v) is 4.00. The molecule has 0 aliphatic heterocycles. The standard InChI is InChI=1S/C23H21NO2/c1-4-23(25)26-22-13-11-19(12-14-22)24(20-9-5-7-17(2)15-20)21-10-6-8-18(3)16-21/h4-16H,1H2,2-3H3. The van der Waals surface area contributed by atoms with Crippen LogP contribution in [0, 0.1) is 13.8 Å². The third-order valence-electron chi connectivity index (χ3n) is 4.00. The molecule has 0 saturated carbocycles. The van der Waals surface area contributed by atoms with E-state index >= 15 is 0 Å². The number of benzene rings is 3. The highest BCUT2D eigenvalue weighted by molar-refractivity contribution is 5.83. The van der Waals surface area contributed by atoms with E-state index in [0.29, 0.717) is 5.75 Å². The van der Waals surface area contributed by atoms with Gasteiger partial charge in [0.1, 0.15) is 5.75 Å². The molecule has 26 heavy (non-hydrogen) atoms. The van der Waals surface area contributed by atoms with Gasteiger partial charge >= 0.3 is 5.97 Å². The average molecular weight is 343 g/mol. The van der Waals surface area contributed by atoms with Gasteiger partial charge in [-0.05, 0) is 73.5 Å². The molecule has 0 fully saturated rings. The van der Waals surface area contributed by atoms with E-state index in [0.717, 1.165) is 23.1 Å². The van der Waals surface area contributed by atoms with Crippen LogP contribution in [0.25, 0.3) is 0 Å². The van der Waals surface area contributed by atoms with Crippen molar-refractivity contribution in [3.63, 3.8) is 0 Å². The van der Waals surface area contributed by atoms with E-state index in [-0.39, 0.29) is 0 Å². The highest BCUT2D eigenvalue weighted by Gasteiger charge is 2.13. The Morgan fingerprint density at radius 2 is 1.38 bits per heavy atom. The first kappa shape index (κ1) is 17.5. The number of hydrogen-bond acceptors (Lipinski definition) is 3. The van der Waals surface area contributed by atoms with Gasteiger partial charge in [0.2, 0.25) is 0 Å². The molecule has 3 nitrogen and oxygen atoms in total. The van der Waals surface area contributed by atoms with Gasteiger partial charge in [0.05, 0.1) is 0 Å². The molecular weight excluding hydrogens is 322 g/mol. The number of carbonyl (C=O) groups is 1. The van der Waals surface area contributed by atoms with Crippen molar-refractivity contribution in [3.8, 4) is 5.75 Å². The molecule has 3 heteroatoms. The molecule has 0 spiro atoms. The summed E-state index contributed by atoms with van der Waals surface area (Å²) in [5.74, 6) is 0.0269. The zero-order valence-electron chi connectivity index (χ0n) is 15.0. The van der Waals surface area contributed by atoms with Crippen LogP contribution in [0.15, 0.2) is 85.5 Å². The summed E-state index contributed by atoms with van der Waals surface area (Å²) in [6, 6.07) is 24.2. The van der Waals surface area contributed by atoms with Crippen LogP contribution in [-0.2, 0) is 4.79 Å². The van der Waals surface area contributed by atoms with Gasteiger partial charge in [-0.3, -0.25) is 0 Å². The lowest BCUT2D eigenvalue weighted by atomic mass is 10.1. The first-order valence-corrected chi connectivity index (χ1v) is 8.44. The minimum Gasteiger partial charge on any atom is -0.423 e. The zero-order valence-corrected chi connectivity index (χ0v) is 15.0. The fourth-order valence-corrected chi connectivity index (χ4v) is 2.80. The Kier molecular flexibility index (Phi) is 5.18. The fourth-order valence-electron chi connectivity index (χ4n) is 2.80. The van der Waals surface area contributed by atoms with E-state index in [4.69, 9.17) is 4.74 Å². The second-order valence-corrected chi connectivity index (χ2v) is 6.13. The number of rotatable bonds is 5. The minimum absolute atomic E-state index is 0.466. The fraction of sp³-hybridized carbons (Fsp3) is 0.0870. The van der Waals surface area contributed by atoms with E-state index in [1.54, 1.807) is 12.1 Å². The summed E-state index contributed by atoms with van der Waals surface area (Å²) in [4.78, 5) is 13.5. The summed E-state index contributed by atoms with van der Waals surface area (Å²) in [6.07, 6.45) is 1.15. The SMILES string of the molecule is C=CC(=O)Oc1ccc(N(c2cccc(C)c2)c2cccc(C)c2)cc1. The normalized spacial score (nSPS) is 10.2. The van der Waals surface area contributed by atoms with Crippen molar-refractivity contribution >= 4 is 23.0 Å². The Bertz CT molecular complexity index is 883. The van der Waals surface area contributed by atoms with E-state index in [2.05, 4.69) is 61.7 Å². The molecule has 0 bridgehead atoms. The van der Waals surface area contributed by atoms with Crippen LogP contribution in [0.2, 0.25) is 0 Å². The maximum Gasteiger partial charge on any atom is 0.335 e. The Hall–Kier alpha value is -3.33. The summed E-state index contributed by atoms with van der Waals surface area (Å²) in [6.45, 7) is 7.57. The molecule has 0 aliphatic carbocycles. The number of carbonyl (C=O) groups excluding carboxylic acids is 1. The summed E-state index contributed by atoms with van der Waals surface area (Å²) < 4.78 is 5.17. The quantitative estimate of drug-likeness (QED) is 0.330. The predicted octanol–water partition coefficient (Wildman–Crippen LogP) is 5.86. The van der Waals surface area contributed by atoms with Crippen LogP contribution in [0.3, 0.4) is 0 Å². The van der Waals surface area contributed by atoms with Crippen LogP contribution in [0.4, 0.5) is 17.1 Å². The van der Waals surface area contributed by atoms with Crippen molar-refractivity contribution < 1.29 is 9.53 Å². The minimum atomic E-state index is -0.466. The van der Waals surface area contributed by atoms with Gasteiger partial charge in [-0.25, -0.2) is 4.79 Å². The van der Waals surface area contributed by atoms with Crippen molar-refractivity contribution in [2.75, 3.05) is 4.90 Å². The van der Waals surface area contributed by atoms with Crippen LogP contribution < -0.4 is 9.64 Å². The lowest BCUT2D eigenvalue weighted by Gasteiger charge is -2.26. The summed E-state index contributed by atoms with van der Waals surface area (Å²) in [5, 5.41) is 0. The number of anilines is 3. The van der Waals surface area contributed by atoms with Crippen LogP contribution >= 0.6 is 0 Å². The maximum atomic E-state index is 11.4. The van der Waals surface area contributed by atoms with Gasteiger partial charge in [-0.2, -0.15) is 0 Å². The van der Waals surface area contributed by atoms with Gasteiger partial charge in [0, 0.05) is 23.1 Å². The molecule has 0 saturated heterocycles. The average Bonchev–Trinajstić information content (AvgIpc) is 2.63. The molecule has 0 aromatic heterocycles. The molecule has 0 amide bonds. The Morgan fingerprint density at radius 1 is 0.846 bits per heavy atom. The summed E-state index contributed by atoms with van der Waals surface area (Å²) in [5.41, 5.74) is 5.52. The second-order valence-electron chi connectivity index (χ2n) is 6.13. The molecule has 0 heterocycles. The number of nitrogens with zero attached hydrogens (tertiary/aromatic N) is 1. The molecule has 0 radical (unpaired) electrons. The van der Waals surface area contributed by atoms with Gasteiger partial charge < -0.3 is 9.64 Å². The van der Waals surface area contributed by atoms with Crippen LogP contribution in [0.5, 0.6) is 5.75 Å². The van der Waals surface area contributed by atoms with Gasteiger partial charge in [0.25, 0.3) is 0 Å². The zero-order chi connectivity index (χ0) is 18.5. The van der Waals surface area contributed by atoms with Crippen molar-refractivity contribution in [1.29, 1.82) is 0 Å². The van der Waals surface area contributed by atoms with Crippen LogP contribution in [-0.4, -0.2) is 5.97 Å². The smallest absolute Gasteiger partial charge is 0.335 e. The van der Waals surface area contributed by atoms with E-state index < -0.39 is 5.97 Å². The Morgan fingerprint density at radius 3 is 1.85 bits per heavy atom. The summed E-state index contributed by atoms with van der Waals surface area (Å²) >= 11 is 0. The summed E-state index contributed by atoms with van der Waals surface area (Å²) in [7, 11) is 0. The van der Waals surface area contributed by atoms with Gasteiger partial charge in [0.15, 0.2) is 0 Å².